The van der Waals surface area contributed by atoms with Gasteiger partial charge in [0.15, 0.2) is 6.29 Å². The van der Waals surface area contributed by atoms with E-state index in [0.717, 1.165) is 17.1 Å². The van der Waals surface area contributed by atoms with E-state index in [9.17, 15) is 4.79 Å². The zero-order valence-electron chi connectivity index (χ0n) is 6.69. The predicted molar refractivity (Wildman–Crippen MR) is 51.5 cm³/mol. The number of thiophene rings is 1. The van der Waals surface area contributed by atoms with Crippen LogP contribution in [0.4, 0.5) is 0 Å². The van der Waals surface area contributed by atoms with Gasteiger partial charge in [-0.3, -0.25) is 4.79 Å². The fourth-order valence-electron chi connectivity index (χ4n) is 1.04. The molecule has 1 aliphatic rings. The molecule has 0 saturated heterocycles. The lowest BCUT2D eigenvalue weighted by molar-refractivity contribution is 0.112. The number of hydrogen-bond acceptors (Lipinski definition) is 2. The minimum atomic E-state index is 0.811. The molecule has 1 fully saturated rings. The summed E-state index contributed by atoms with van der Waals surface area (Å²) in [6.07, 6.45) is 7.93. The lowest BCUT2D eigenvalue weighted by atomic mass is 10.3. The molecule has 0 spiro atoms. The third kappa shape index (κ3) is 1.83. The van der Waals surface area contributed by atoms with Gasteiger partial charge in [0.25, 0.3) is 0 Å². The van der Waals surface area contributed by atoms with Crippen molar-refractivity contribution in [2.24, 2.45) is 5.92 Å². The number of rotatable bonds is 3. The smallest absolute Gasteiger partial charge is 0.160 e. The molecule has 2 rings (SSSR count). The molecule has 12 heavy (non-hydrogen) atoms. The quantitative estimate of drug-likeness (QED) is 0.650. The van der Waals surface area contributed by atoms with Gasteiger partial charge in [0.1, 0.15) is 0 Å². The summed E-state index contributed by atoms with van der Waals surface area (Å²) in [7, 11) is 0. The van der Waals surface area contributed by atoms with Gasteiger partial charge < -0.3 is 0 Å². The normalized spacial score (nSPS) is 17.0. The van der Waals surface area contributed by atoms with Crippen molar-refractivity contribution in [2.75, 3.05) is 0 Å². The van der Waals surface area contributed by atoms with E-state index < -0.39 is 0 Å². The van der Waals surface area contributed by atoms with Crippen LogP contribution in [0, 0.1) is 5.92 Å². The van der Waals surface area contributed by atoms with Gasteiger partial charge in [-0.1, -0.05) is 6.08 Å². The molecule has 0 atom stereocenters. The largest absolute Gasteiger partial charge is 0.297 e. The van der Waals surface area contributed by atoms with Crippen LogP contribution in [0.1, 0.15) is 27.4 Å². The Morgan fingerprint density at radius 3 is 2.67 bits per heavy atom. The van der Waals surface area contributed by atoms with Crippen LogP contribution in [0.3, 0.4) is 0 Å². The highest BCUT2D eigenvalue weighted by molar-refractivity contribution is 7.14. The van der Waals surface area contributed by atoms with Gasteiger partial charge in [-0.05, 0) is 37.0 Å². The van der Waals surface area contributed by atoms with E-state index in [1.54, 1.807) is 11.3 Å². The summed E-state index contributed by atoms with van der Waals surface area (Å²) < 4.78 is 0. The molecule has 0 N–H and O–H groups in total. The standard InChI is InChI=1S/C10H10OS/c11-7-10-6-5-9(12-10)4-3-8-1-2-8/h3-8H,1-2H2/b4-3+. The van der Waals surface area contributed by atoms with Crippen molar-refractivity contribution in [2.45, 2.75) is 12.8 Å². The Balaban J connectivity index is 2.06. The Kier molecular flexibility index (Phi) is 2.09. The number of hydrogen-bond donors (Lipinski definition) is 0. The summed E-state index contributed by atoms with van der Waals surface area (Å²) in [6, 6.07) is 3.86. The maximum atomic E-state index is 10.4. The van der Waals surface area contributed by atoms with Crippen LogP contribution < -0.4 is 0 Å². The zero-order chi connectivity index (χ0) is 8.39. The van der Waals surface area contributed by atoms with Crippen molar-refractivity contribution in [3.05, 3.63) is 28.0 Å². The first-order chi connectivity index (χ1) is 5.88. The van der Waals surface area contributed by atoms with Gasteiger partial charge >= 0.3 is 0 Å². The lowest BCUT2D eigenvalue weighted by Crippen LogP contribution is -1.63. The molecule has 1 aromatic heterocycles. The van der Waals surface area contributed by atoms with Crippen LogP contribution in [-0.2, 0) is 0 Å². The first-order valence-electron chi connectivity index (χ1n) is 4.12. The maximum Gasteiger partial charge on any atom is 0.160 e. The molecule has 0 aromatic carbocycles. The molecule has 0 bridgehead atoms. The van der Waals surface area contributed by atoms with E-state index in [2.05, 4.69) is 12.2 Å². The van der Waals surface area contributed by atoms with Crippen molar-refractivity contribution in [1.82, 2.24) is 0 Å². The molecular formula is C10H10OS. The third-order valence-corrected chi connectivity index (χ3v) is 2.89. The monoisotopic (exact) mass is 178 g/mol. The Hall–Kier alpha value is -0.890. The first-order valence-corrected chi connectivity index (χ1v) is 4.93. The third-order valence-electron chi connectivity index (χ3n) is 1.92. The van der Waals surface area contributed by atoms with Crippen molar-refractivity contribution in [1.29, 1.82) is 0 Å². The highest BCUT2D eigenvalue weighted by Gasteiger charge is 2.16. The molecular weight excluding hydrogens is 168 g/mol. The second kappa shape index (κ2) is 3.23. The molecule has 62 valence electrons. The lowest BCUT2D eigenvalue weighted by Gasteiger charge is -1.81. The van der Waals surface area contributed by atoms with Gasteiger partial charge in [0.05, 0.1) is 4.88 Å². The van der Waals surface area contributed by atoms with Crippen molar-refractivity contribution in [3.8, 4) is 0 Å². The van der Waals surface area contributed by atoms with Crippen molar-refractivity contribution < 1.29 is 4.79 Å². The van der Waals surface area contributed by atoms with E-state index in [0.29, 0.717) is 0 Å². The molecule has 1 saturated carbocycles. The molecule has 1 heterocycles. The molecule has 1 nitrogen and oxygen atoms in total. The molecule has 2 heteroatoms. The van der Waals surface area contributed by atoms with Gasteiger partial charge in [-0.25, -0.2) is 0 Å². The zero-order valence-corrected chi connectivity index (χ0v) is 7.51. The number of aldehydes is 1. The fourth-order valence-corrected chi connectivity index (χ4v) is 1.78. The Morgan fingerprint density at radius 1 is 1.33 bits per heavy atom. The summed E-state index contributed by atoms with van der Waals surface area (Å²) in [5.74, 6) is 0.812. The number of carbonyl (C=O) groups is 1. The van der Waals surface area contributed by atoms with Crippen LogP contribution in [-0.4, -0.2) is 6.29 Å². The molecule has 1 aromatic rings. The van der Waals surface area contributed by atoms with E-state index in [1.165, 1.54) is 17.7 Å². The van der Waals surface area contributed by atoms with Crippen LogP contribution in [0.5, 0.6) is 0 Å². The summed E-state index contributed by atoms with van der Waals surface area (Å²) in [5, 5.41) is 0. The molecule has 0 amide bonds. The fraction of sp³-hybridized carbons (Fsp3) is 0.300. The van der Waals surface area contributed by atoms with E-state index >= 15 is 0 Å². The van der Waals surface area contributed by atoms with E-state index in [4.69, 9.17) is 0 Å². The van der Waals surface area contributed by atoms with Gasteiger partial charge in [-0.2, -0.15) is 0 Å². The van der Waals surface area contributed by atoms with Crippen LogP contribution >= 0.6 is 11.3 Å². The second-order valence-electron chi connectivity index (χ2n) is 3.05. The molecule has 0 radical (unpaired) electrons. The van der Waals surface area contributed by atoms with Crippen LogP contribution in [0.15, 0.2) is 18.2 Å². The van der Waals surface area contributed by atoms with Gasteiger partial charge in [0.2, 0.25) is 0 Å². The van der Waals surface area contributed by atoms with E-state index in [-0.39, 0.29) is 0 Å². The topological polar surface area (TPSA) is 17.1 Å². The highest BCUT2D eigenvalue weighted by atomic mass is 32.1. The van der Waals surface area contributed by atoms with Crippen molar-refractivity contribution >= 4 is 23.7 Å². The summed E-state index contributed by atoms with van der Waals surface area (Å²) in [4.78, 5) is 12.4. The Morgan fingerprint density at radius 2 is 2.08 bits per heavy atom. The number of carbonyl (C=O) groups excluding carboxylic acids is 1. The Bertz CT molecular complexity index is 307. The van der Waals surface area contributed by atoms with Gasteiger partial charge in [-0.15, -0.1) is 11.3 Å². The Labute approximate surface area is 75.7 Å². The average Bonchev–Trinajstić information content (AvgIpc) is 2.81. The van der Waals surface area contributed by atoms with Crippen LogP contribution in [0.25, 0.3) is 6.08 Å². The molecule has 0 aliphatic heterocycles. The minimum Gasteiger partial charge on any atom is -0.297 e. The predicted octanol–water partition coefficient (Wildman–Crippen LogP) is 2.98. The second-order valence-corrected chi connectivity index (χ2v) is 4.20. The minimum absolute atomic E-state index is 0.811. The molecule has 0 unspecified atom stereocenters. The number of allylic oxidation sites excluding steroid dienone is 1. The first kappa shape index (κ1) is 7.74. The SMILES string of the molecule is O=Cc1ccc(/C=C/C2CC2)s1. The summed E-state index contributed by atoms with van der Waals surface area (Å²) in [5.41, 5.74) is 0. The highest BCUT2D eigenvalue weighted by Crippen LogP contribution is 2.31. The summed E-state index contributed by atoms with van der Waals surface area (Å²) >= 11 is 1.55. The average molecular weight is 178 g/mol. The molecule has 1 aliphatic carbocycles. The maximum absolute atomic E-state index is 10.4. The van der Waals surface area contributed by atoms with Crippen LogP contribution in [0.2, 0.25) is 0 Å². The summed E-state index contributed by atoms with van der Waals surface area (Å²) in [6.45, 7) is 0. The van der Waals surface area contributed by atoms with Crippen molar-refractivity contribution in [3.63, 3.8) is 0 Å². The van der Waals surface area contributed by atoms with E-state index in [1.807, 2.05) is 12.1 Å². The van der Waals surface area contributed by atoms with Gasteiger partial charge in [0, 0.05) is 4.88 Å².